The predicted octanol–water partition coefficient (Wildman–Crippen LogP) is 4.67. The molecular formula is C18H20ClNO4S. The van der Waals surface area contributed by atoms with Crippen LogP contribution in [0.4, 0.5) is 4.79 Å². The van der Waals surface area contributed by atoms with Gasteiger partial charge in [0, 0.05) is 6.54 Å². The summed E-state index contributed by atoms with van der Waals surface area (Å²) in [6.45, 7) is 0.502. The zero-order valence-electron chi connectivity index (χ0n) is 14.0. The van der Waals surface area contributed by atoms with Gasteiger partial charge in [0.1, 0.15) is 0 Å². The van der Waals surface area contributed by atoms with Gasteiger partial charge in [-0.05, 0) is 54.3 Å². The number of hydrogen-bond acceptors (Lipinski definition) is 5. The van der Waals surface area contributed by atoms with Crippen LogP contribution in [0, 0.1) is 5.92 Å². The number of amides is 2. The fourth-order valence-electron chi connectivity index (χ4n) is 3.27. The molecule has 0 atom stereocenters. The largest absolute Gasteiger partial charge is 0.503 e. The van der Waals surface area contributed by atoms with Gasteiger partial charge in [-0.2, -0.15) is 0 Å². The van der Waals surface area contributed by atoms with Gasteiger partial charge in [-0.1, -0.05) is 30.9 Å². The molecule has 5 nitrogen and oxygen atoms in total. The Labute approximate surface area is 156 Å². The Morgan fingerprint density at radius 2 is 2.04 bits per heavy atom. The molecule has 1 saturated heterocycles. The van der Waals surface area contributed by atoms with E-state index in [0.29, 0.717) is 22.9 Å². The summed E-state index contributed by atoms with van der Waals surface area (Å²) in [5, 5.41) is 9.70. The summed E-state index contributed by atoms with van der Waals surface area (Å²) in [6.07, 6.45) is 7.34. The van der Waals surface area contributed by atoms with E-state index in [-0.39, 0.29) is 27.7 Å². The number of hydrogen-bond donors (Lipinski definition) is 1. The highest BCUT2D eigenvalue weighted by Gasteiger charge is 2.36. The van der Waals surface area contributed by atoms with Gasteiger partial charge in [0.15, 0.2) is 11.5 Å². The molecule has 1 saturated carbocycles. The highest BCUT2D eigenvalue weighted by Crippen LogP contribution is 2.38. The molecule has 1 aromatic rings. The molecule has 0 aromatic heterocycles. The molecule has 1 aliphatic carbocycles. The number of carbonyl (C=O) groups is 2. The number of thioether (sulfide) groups is 1. The molecule has 0 bridgehead atoms. The maximum atomic E-state index is 12.6. The number of phenolic OH excluding ortho intramolecular Hbond substituents is 1. The summed E-state index contributed by atoms with van der Waals surface area (Å²) in [6, 6.07) is 3.12. The molecule has 7 heteroatoms. The number of rotatable bonds is 4. The van der Waals surface area contributed by atoms with Crippen molar-refractivity contribution >= 4 is 40.6 Å². The first-order valence-corrected chi connectivity index (χ1v) is 9.51. The van der Waals surface area contributed by atoms with E-state index in [9.17, 15) is 14.7 Å². The topological polar surface area (TPSA) is 66.8 Å². The van der Waals surface area contributed by atoms with Crippen LogP contribution in [0.15, 0.2) is 17.0 Å². The quantitative estimate of drug-likeness (QED) is 0.767. The molecule has 25 heavy (non-hydrogen) atoms. The lowest BCUT2D eigenvalue weighted by molar-refractivity contribution is -0.123. The molecular weight excluding hydrogens is 362 g/mol. The van der Waals surface area contributed by atoms with Crippen molar-refractivity contribution in [2.75, 3.05) is 13.7 Å². The zero-order valence-corrected chi connectivity index (χ0v) is 15.5. The van der Waals surface area contributed by atoms with Gasteiger partial charge in [-0.25, -0.2) is 0 Å². The smallest absolute Gasteiger partial charge is 0.293 e. The first kappa shape index (κ1) is 18.1. The van der Waals surface area contributed by atoms with Crippen LogP contribution in [0.2, 0.25) is 5.02 Å². The van der Waals surface area contributed by atoms with E-state index in [2.05, 4.69) is 0 Å². The number of halogens is 1. The number of imide groups is 1. The first-order chi connectivity index (χ1) is 12.0. The van der Waals surface area contributed by atoms with Gasteiger partial charge in [-0.15, -0.1) is 0 Å². The Bertz CT molecular complexity index is 728. The molecule has 2 aliphatic rings. The van der Waals surface area contributed by atoms with E-state index >= 15 is 0 Å². The summed E-state index contributed by atoms with van der Waals surface area (Å²) in [4.78, 5) is 26.6. The van der Waals surface area contributed by atoms with Crippen LogP contribution in [0.3, 0.4) is 0 Å². The lowest BCUT2D eigenvalue weighted by Gasteiger charge is -2.25. The Hall–Kier alpha value is -1.66. The second-order valence-electron chi connectivity index (χ2n) is 6.35. The van der Waals surface area contributed by atoms with Crippen molar-refractivity contribution in [3.8, 4) is 11.5 Å². The molecule has 134 valence electrons. The third-order valence-corrected chi connectivity index (χ3v) is 5.80. The summed E-state index contributed by atoms with van der Waals surface area (Å²) < 4.78 is 5.07. The Balaban J connectivity index is 1.79. The van der Waals surface area contributed by atoms with Crippen molar-refractivity contribution in [3.05, 3.63) is 27.6 Å². The van der Waals surface area contributed by atoms with E-state index in [4.69, 9.17) is 16.3 Å². The van der Waals surface area contributed by atoms with Gasteiger partial charge < -0.3 is 9.84 Å². The molecule has 0 radical (unpaired) electrons. The van der Waals surface area contributed by atoms with Crippen molar-refractivity contribution < 1.29 is 19.4 Å². The number of benzene rings is 1. The van der Waals surface area contributed by atoms with Crippen molar-refractivity contribution in [1.82, 2.24) is 4.90 Å². The minimum absolute atomic E-state index is 0.132. The van der Waals surface area contributed by atoms with Crippen LogP contribution >= 0.6 is 23.4 Å². The van der Waals surface area contributed by atoms with Gasteiger partial charge >= 0.3 is 0 Å². The second-order valence-corrected chi connectivity index (χ2v) is 7.75. The lowest BCUT2D eigenvalue weighted by atomic mass is 9.89. The molecule has 1 aliphatic heterocycles. The number of phenols is 1. The zero-order chi connectivity index (χ0) is 18.0. The Kier molecular flexibility index (Phi) is 5.59. The van der Waals surface area contributed by atoms with Crippen molar-refractivity contribution in [2.24, 2.45) is 5.92 Å². The maximum absolute atomic E-state index is 12.6. The lowest BCUT2D eigenvalue weighted by Crippen LogP contribution is -2.34. The van der Waals surface area contributed by atoms with E-state index in [1.165, 1.54) is 37.3 Å². The van der Waals surface area contributed by atoms with Gasteiger partial charge in [-0.3, -0.25) is 14.5 Å². The minimum atomic E-state index is -0.260. The van der Waals surface area contributed by atoms with Crippen LogP contribution in [-0.2, 0) is 4.79 Å². The maximum Gasteiger partial charge on any atom is 0.293 e. The van der Waals surface area contributed by atoms with Gasteiger partial charge in [0.25, 0.3) is 11.1 Å². The highest BCUT2D eigenvalue weighted by atomic mass is 35.5. The normalized spacial score (nSPS) is 20.6. The highest BCUT2D eigenvalue weighted by molar-refractivity contribution is 8.18. The number of ether oxygens (including phenoxy) is 1. The molecule has 0 unspecified atom stereocenters. The first-order valence-electron chi connectivity index (χ1n) is 8.31. The second kappa shape index (κ2) is 7.70. The van der Waals surface area contributed by atoms with Crippen molar-refractivity contribution in [3.63, 3.8) is 0 Å². The van der Waals surface area contributed by atoms with E-state index in [1.807, 2.05) is 0 Å². The molecule has 1 aromatic carbocycles. The minimum Gasteiger partial charge on any atom is -0.503 e. The monoisotopic (exact) mass is 381 g/mol. The Morgan fingerprint density at radius 1 is 1.32 bits per heavy atom. The van der Waals surface area contributed by atoms with Crippen molar-refractivity contribution in [1.29, 1.82) is 0 Å². The standard InChI is InChI=1S/C18H20ClNO4S/c1-24-14-8-12(7-13(19)16(14)21)9-15-17(22)20(18(23)25-15)10-11-5-3-2-4-6-11/h7-9,11,21H,2-6,10H2,1H3/b15-9+. The molecule has 0 spiro atoms. The van der Waals surface area contributed by atoms with Gasteiger partial charge in [0.2, 0.25) is 0 Å². The number of nitrogens with zero attached hydrogens (tertiary/aromatic N) is 1. The number of aromatic hydroxyl groups is 1. The molecule has 2 amide bonds. The fraction of sp³-hybridized carbons (Fsp3) is 0.444. The molecule has 3 rings (SSSR count). The molecule has 1 N–H and O–H groups in total. The predicted molar refractivity (Wildman–Crippen MR) is 98.9 cm³/mol. The van der Waals surface area contributed by atoms with E-state index in [1.54, 1.807) is 12.1 Å². The van der Waals surface area contributed by atoms with Gasteiger partial charge in [0.05, 0.1) is 17.0 Å². The van der Waals surface area contributed by atoms with Crippen LogP contribution < -0.4 is 4.74 Å². The van der Waals surface area contributed by atoms with Crippen LogP contribution in [-0.4, -0.2) is 34.8 Å². The van der Waals surface area contributed by atoms with Crippen LogP contribution in [0.25, 0.3) is 6.08 Å². The summed E-state index contributed by atoms with van der Waals surface area (Å²) in [7, 11) is 1.42. The third-order valence-electron chi connectivity index (χ3n) is 4.61. The molecule has 1 heterocycles. The summed E-state index contributed by atoms with van der Waals surface area (Å²) in [5.41, 5.74) is 0.600. The number of methoxy groups -OCH3 is 1. The van der Waals surface area contributed by atoms with Crippen molar-refractivity contribution in [2.45, 2.75) is 32.1 Å². The Morgan fingerprint density at radius 3 is 2.72 bits per heavy atom. The summed E-state index contributed by atoms with van der Waals surface area (Å²) in [5.74, 6) is 0.223. The average molecular weight is 382 g/mol. The van der Waals surface area contributed by atoms with Crippen LogP contribution in [0.5, 0.6) is 11.5 Å². The molecule has 2 fully saturated rings. The van der Waals surface area contributed by atoms with E-state index in [0.717, 1.165) is 24.6 Å². The van der Waals surface area contributed by atoms with E-state index < -0.39 is 0 Å². The fourth-order valence-corrected chi connectivity index (χ4v) is 4.34. The third kappa shape index (κ3) is 3.96. The SMILES string of the molecule is COc1cc(/C=C2/SC(=O)N(CC3CCCCC3)C2=O)cc(Cl)c1O. The number of carbonyl (C=O) groups excluding carboxylic acids is 2. The average Bonchev–Trinajstić information content (AvgIpc) is 2.86. The van der Waals surface area contributed by atoms with Crippen LogP contribution in [0.1, 0.15) is 37.7 Å². The summed E-state index contributed by atoms with van der Waals surface area (Å²) >= 11 is 6.92.